The van der Waals surface area contributed by atoms with Crippen LogP contribution in [-0.2, 0) is 19.6 Å². The van der Waals surface area contributed by atoms with Crippen LogP contribution in [0.2, 0.25) is 0 Å². The van der Waals surface area contributed by atoms with Crippen molar-refractivity contribution in [3.05, 3.63) is 12.4 Å². The number of hydrogen-bond donors (Lipinski definition) is 3. The van der Waals surface area contributed by atoms with Crippen LogP contribution in [-0.4, -0.2) is 98.5 Å². The zero-order valence-electron chi connectivity index (χ0n) is 13.5. The standard InChI is InChI=1S/C12H21N5O3S.CH2O2/c1-16-2-4-17(5-3-16)12-9-20-8-11(12)15-21(18,19)10-6-13-14-7-10;2-1-3/h6-7,11-12,15H,2-5,8-9H2,1H3,(H,13,14);1H,(H,2,3)/t11-,12-;/m0./s1. The summed E-state index contributed by atoms with van der Waals surface area (Å²) in [7, 11) is -1.44. The molecule has 1 aromatic heterocycles. The number of hydrogen-bond acceptors (Lipinski definition) is 7. The van der Waals surface area contributed by atoms with Crippen LogP contribution in [0.4, 0.5) is 0 Å². The highest BCUT2D eigenvalue weighted by atomic mass is 32.2. The Morgan fingerprint density at radius 2 is 2.04 bits per heavy atom. The number of rotatable bonds is 4. The van der Waals surface area contributed by atoms with Gasteiger partial charge in [0.05, 0.1) is 31.5 Å². The Bertz CT molecular complexity index is 600. The molecule has 24 heavy (non-hydrogen) atoms. The van der Waals surface area contributed by atoms with Crippen molar-refractivity contribution in [2.24, 2.45) is 0 Å². The van der Waals surface area contributed by atoms with Gasteiger partial charge >= 0.3 is 0 Å². The number of H-pyrrole nitrogens is 1. The fourth-order valence-corrected chi connectivity index (χ4v) is 3.98. The second-order valence-electron chi connectivity index (χ2n) is 5.71. The number of ether oxygens (including phenoxy) is 1. The molecule has 136 valence electrons. The van der Waals surface area contributed by atoms with Crippen LogP contribution >= 0.6 is 0 Å². The molecule has 1 aromatic rings. The Morgan fingerprint density at radius 3 is 2.62 bits per heavy atom. The Labute approximate surface area is 140 Å². The van der Waals surface area contributed by atoms with Gasteiger partial charge in [-0.05, 0) is 7.05 Å². The highest BCUT2D eigenvalue weighted by molar-refractivity contribution is 7.89. The van der Waals surface area contributed by atoms with E-state index in [0.717, 1.165) is 26.2 Å². The molecule has 0 aromatic carbocycles. The number of nitrogens with one attached hydrogen (secondary N) is 2. The van der Waals surface area contributed by atoms with Gasteiger partial charge in [0.2, 0.25) is 10.0 Å². The van der Waals surface area contributed by atoms with E-state index in [-0.39, 0.29) is 23.5 Å². The summed E-state index contributed by atoms with van der Waals surface area (Å²) in [5, 5.41) is 13.1. The molecule has 2 fully saturated rings. The van der Waals surface area contributed by atoms with E-state index in [1.807, 2.05) is 0 Å². The molecule has 2 saturated heterocycles. The monoisotopic (exact) mass is 361 g/mol. The quantitative estimate of drug-likeness (QED) is 0.547. The second kappa shape index (κ2) is 8.53. The zero-order chi connectivity index (χ0) is 17.6. The molecule has 0 amide bonds. The lowest BCUT2D eigenvalue weighted by molar-refractivity contribution is -0.122. The third kappa shape index (κ3) is 4.74. The Morgan fingerprint density at radius 1 is 1.38 bits per heavy atom. The number of carboxylic acid groups (broad SMARTS) is 1. The van der Waals surface area contributed by atoms with Crippen LogP contribution in [0.5, 0.6) is 0 Å². The molecule has 0 radical (unpaired) electrons. The largest absolute Gasteiger partial charge is 0.483 e. The SMILES string of the molecule is CN1CCN([C@H]2COC[C@@H]2NS(=O)(=O)c2cn[nH]c2)CC1.O=CO. The summed E-state index contributed by atoms with van der Waals surface area (Å²) >= 11 is 0. The summed E-state index contributed by atoms with van der Waals surface area (Å²) in [5.41, 5.74) is 0. The molecule has 0 bridgehead atoms. The van der Waals surface area contributed by atoms with Crippen LogP contribution in [0.15, 0.2) is 17.3 Å². The van der Waals surface area contributed by atoms with Crippen molar-refractivity contribution in [2.45, 2.75) is 17.0 Å². The zero-order valence-corrected chi connectivity index (χ0v) is 14.3. The van der Waals surface area contributed by atoms with Crippen molar-refractivity contribution < 1.29 is 23.1 Å². The van der Waals surface area contributed by atoms with Crippen molar-refractivity contribution in [3.63, 3.8) is 0 Å². The Hall–Kier alpha value is -1.53. The van der Waals surface area contributed by atoms with E-state index in [9.17, 15) is 8.42 Å². The van der Waals surface area contributed by atoms with Gasteiger partial charge in [-0.2, -0.15) is 5.10 Å². The first kappa shape index (κ1) is 18.8. The second-order valence-corrected chi connectivity index (χ2v) is 7.43. The first-order chi connectivity index (χ1) is 11.5. The minimum Gasteiger partial charge on any atom is -0.483 e. The van der Waals surface area contributed by atoms with Gasteiger partial charge in [-0.3, -0.25) is 14.8 Å². The molecule has 3 rings (SSSR count). The lowest BCUT2D eigenvalue weighted by atomic mass is 10.1. The smallest absolute Gasteiger partial charge is 0.290 e. The van der Waals surface area contributed by atoms with Crippen LogP contribution in [0.3, 0.4) is 0 Å². The summed E-state index contributed by atoms with van der Waals surface area (Å²) in [6.45, 7) is 4.61. The van der Waals surface area contributed by atoms with Crippen molar-refractivity contribution in [2.75, 3.05) is 46.4 Å². The van der Waals surface area contributed by atoms with Crippen LogP contribution in [0.1, 0.15) is 0 Å². The van der Waals surface area contributed by atoms with Gasteiger partial charge in [0, 0.05) is 32.4 Å². The van der Waals surface area contributed by atoms with Gasteiger partial charge in [0.15, 0.2) is 0 Å². The van der Waals surface area contributed by atoms with Gasteiger partial charge in [-0.1, -0.05) is 0 Å². The summed E-state index contributed by atoms with van der Waals surface area (Å²) in [5.74, 6) is 0. The molecule has 3 heterocycles. The molecule has 2 atom stereocenters. The molecule has 0 unspecified atom stereocenters. The van der Waals surface area contributed by atoms with Crippen molar-refractivity contribution >= 4 is 16.5 Å². The minimum absolute atomic E-state index is 0.0976. The Kier molecular flexibility index (Phi) is 6.69. The summed E-state index contributed by atoms with van der Waals surface area (Å²) < 4.78 is 32.8. The first-order valence-corrected chi connectivity index (χ1v) is 9.05. The number of aromatic nitrogens is 2. The fraction of sp³-hybridized carbons (Fsp3) is 0.692. The van der Waals surface area contributed by atoms with Gasteiger partial charge < -0.3 is 14.7 Å². The molecule has 0 saturated carbocycles. The van der Waals surface area contributed by atoms with E-state index in [2.05, 4.69) is 31.8 Å². The average molecular weight is 361 g/mol. The van der Waals surface area contributed by atoms with E-state index in [1.165, 1.54) is 12.4 Å². The molecular weight excluding hydrogens is 338 g/mol. The number of piperazine rings is 1. The van der Waals surface area contributed by atoms with E-state index in [4.69, 9.17) is 14.6 Å². The minimum atomic E-state index is -3.54. The maximum atomic E-state index is 12.3. The molecule has 2 aliphatic rings. The Balaban J connectivity index is 0.000000647. The topological polar surface area (TPSA) is 128 Å². The molecule has 0 spiro atoms. The maximum absolute atomic E-state index is 12.3. The van der Waals surface area contributed by atoms with Crippen molar-refractivity contribution in [1.29, 1.82) is 0 Å². The van der Waals surface area contributed by atoms with Crippen LogP contribution < -0.4 is 4.72 Å². The summed E-state index contributed by atoms with van der Waals surface area (Å²) in [4.78, 5) is 13.1. The van der Waals surface area contributed by atoms with Crippen LogP contribution in [0.25, 0.3) is 0 Å². The third-order valence-electron chi connectivity index (χ3n) is 4.15. The highest BCUT2D eigenvalue weighted by Crippen LogP contribution is 2.17. The molecular formula is C13H23N5O5S. The van der Waals surface area contributed by atoms with Gasteiger partial charge in [-0.25, -0.2) is 13.1 Å². The maximum Gasteiger partial charge on any atom is 0.290 e. The van der Waals surface area contributed by atoms with E-state index in [0.29, 0.717) is 13.2 Å². The van der Waals surface area contributed by atoms with E-state index >= 15 is 0 Å². The van der Waals surface area contributed by atoms with Gasteiger partial charge in [0.1, 0.15) is 4.90 Å². The number of sulfonamides is 1. The molecule has 3 N–H and O–H groups in total. The number of carbonyl (C=O) groups is 1. The van der Waals surface area contributed by atoms with Gasteiger partial charge in [0.25, 0.3) is 6.47 Å². The predicted octanol–water partition coefficient (Wildman–Crippen LogP) is -1.60. The number of likely N-dealkylation sites (N-methyl/N-ethyl adjacent to an activating group) is 1. The van der Waals surface area contributed by atoms with E-state index < -0.39 is 10.0 Å². The molecule has 2 aliphatic heterocycles. The summed E-state index contributed by atoms with van der Waals surface area (Å²) in [6.07, 6.45) is 2.69. The van der Waals surface area contributed by atoms with Crippen molar-refractivity contribution in [1.82, 2.24) is 24.7 Å². The lowest BCUT2D eigenvalue weighted by Crippen LogP contribution is -2.56. The lowest BCUT2D eigenvalue weighted by Gasteiger charge is -2.37. The highest BCUT2D eigenvalue weighted by Gasteiger charge is 2.37. The summed E-state index contributed by atoms with van der Waals surface area (Å²) in [6, 6.07) is -0.117. The molecule has 0 aliphatic carbocycles. The molecule has 11 heteroatoms. The number of nitrogens with zero attached hydrogens (tertiary/aromatic N) is 3. The fourth-order valence-electron chi connectivity index (χ4n) is 2.82. The molecule has 10 nitrogen and oxygen atoms in total. The first-order valence-electron chi connectivity index (χ1n) is 7.57. The predicted molar refractivity (Wildman–Crippen MR) is 85.1 cm³/mol. The van der Waals surface area contributed by atoms with Gasteiger partial charge in [-0.15, -0.1) is 0 Å². The average Bonchev–Trinajstić information content (AvgIpc) is 3.20. The normalized spacial score (nSPS) is 25.9. The number of aromatic amines is 1. The third-order valence-corrected chi connectivity index (χ3v) is 5.60. The van der Waals surface area contributed by atoms with Crippen molar-refractivity contribution in [3.8, 4) is 0 Å². The van der Waals surface area contributed by atoms with E-state index in [1.54, 1.807) is 0 Å². The van der Waals surface area contributed by atoms with Crippen LogP contribution in [0, 0.1) is 0 Å².